The second kappa shape index (κ2) is 10.8. The Kier molecular flexibility index (Phi) is 8.49. The van der Waals surface area contributed by atoms with E-state index in [1.54, 1.807) is 14.2 Å². The van der Waals surface area contributed by atoms with Gasteiger partial charge >= 0.3 is 0 Å². The Morgan fingerprint density at radius 1 is 0.643 bits per heavy atom. The van der Waals surface area contributed by atoms with E-state index in [9.17, 15) is 0 Å². The molecule has 4 heteroatoms. The number of azo groups is 1. The van der Waals surface area contributed by atoms with Crippen molar-refractivity contribution in [1.29, 1.82) is 0 Å². The maximum atomic E-state index is 5.55. The van der Waals surface area contributed by atoms with E-state index < -0.39 is 0 Å². The highest BCUT2D eigenvalue weighted by atomic mass is 16.5. The van der Waals surface area contributed by atoms with Crippen LogP contribution >= 0.6 is 0 Å². The van der Waals surface area contributed by atoms with Crippen LogP contribution in [0.15, 0.2) is 46.6 Å². The molecule has 0 heterocycles. The zero-order chi connectivity index (χ0) is 20.5. The maximum absolute atomic E-state index is 5.55. The second-order valence-electron chi connectivity index (χ2n) is 7.08. The van der Waals surface area contributed by atoms with Crippen LogP contribution < -0.4 is 9.47 Å². The smallest absolute Gasteiger partial charge is 0.122 e. The first-order chi connectivity index (χ1) is 13.6. The van der Waals surface area contributed by atoms with Crippen molar-refractivity contribution in [2.75, 3.05) is 14.2 Å². The molecular formula is C24H34N2O2. The van der Waals surface area contributed by atoms with E-state index in [-0.39, 0.29) is 0 Å². The van der Waals surface area contributed by atoms with E-state index >= 15 is 0 Å². The van der Waals surface area contributed by atoms with Gasteiger partial charge in [0.15, 0.2) is 0 Å². The summed E-state index contributed by atoms with van der Waals surface area (Å²) in [6, 6.07) is 12.1. The molecule has 0 aliphatic heterocycles. The molecule has 0 aliphatic rings. The molecule has 2 aromatic rings. The quantitative estimate of drug-likeness (QED) is 0.392. The van der Waals surface area contributed by atoms with Crippen molar-refractivity contribution in [3.05, 3.63) is 47.5 Å². The zero-order valence-electron chi connectivity index (χ0n) is 18.2. The molecule has 4 nitrogen and oxygen atoms in total. The van der Waals surface area contributed by atoms with Crippen LogP contribution in [0, 0.1) is 0 Å². The molecule has 0 spiro atoms. The fourth-order valence-electron chi connectivity index (χ4n) is 3.78. The molecule has 0 N–H and O–H groups in total. The third-order valence-corrected chi connectivity index (χ3v) is 5.56. The van der Waals surface area contributed by atoms with Gasteiger partial charge in [0, 0.05) is 0 Å². The molecule has 0 fully saturated rings. The molecule has 0 unspecified atom stereocenters. The Hall–Kier alpha value is -2.36. The number of nitrogens with zero attached hydrogens (tertiary/aromatic N) is 2. The Labute approximate surface area is 170 Å². The van der Waals surface area contributed by atoms with Crippen LogP contribution in [0.2, 0.25) is 0 Å². The average Bonchev–Trinajstić information content (AvgIpc) is 2.74. The van der Waals surface area contributed by atoms with Gasteiger partial charge in [0.05, 0.1) is 25.6 Å². The fraction of sp³-hybridized carbons (Fsp3) is 0.500. The molecular weight excluding hydrogens is 348 g/mol. The summed E-state index contributed by atoms with van der Waals surface area (Å²) in [5.74, 6) is 2.78. The maximum Gasteiger partial charge on any atom is 0.122 e. The zero-order valence-corrected chi connectivity index (χ0v) is 18.2. The summed E-state index contributed by atoms with van der Waals surface area (Å²) in [5.41, 5.74) is 4.11. The van der Waals surface area contributed by atoms with Crippen molar-refractivity contribution in [1.82, 2.24) is 0 Å². The lowest BCUT2D eigenvalue weighted by Crippen LogP contribution is -1.99. The van der Waals surface area contributed by atoms with Gasteiger partial charge in [-0.1, -0.05) is 27.7 Å². The first-order valence-corrected chi connectivity index (χ1v) is 10.4. The summed E-state index contributed by atoms with van der Waals surface area (Å²) in [6.45, 7) is 8.83. The summed E-state index contributed by atoms with van der Waals surface area (Å²) in [5, 5.41) is 9.00. The van der Waals surface area contributed by atoms with Gasteiger partial charge < -0.3 is 9.47 Å². The van der Waals surface area contributed by atoms with Crippen molar-refractivity contribution < 1.29 is 9.47 Å². The van der Waals surface area contributed by atoms with Crippen LogP contribution in [0.25, 0.3) is 0 Å². The van der Waals surface area contributed by atoms with E-state index in [1.807, 2.05) is 24.3 Å². The molecule has 28 heavy (non-hydrogen) atoms. The Bertz CT molecular complexity index is 713. The molecule has 0 aliphatic carbocycles. The van der Waals surface area contributed by atoms with Gasteiger partial charge in [-0.15, -0.1) is 0 Å². The number of rotatable bonds is 10. The molecule has 0 saturated heterocycles. The highest BCUT2D eigenvalue weighted by molar-refractivity contribution is 5.51. The average molecular weight is 383 g/mol. The van der Waals surface area contributed by atoms with Crippen LogP contribution in [0.1, 0.15) is 76.3 Å². The molecule has 0 bridgehead atoms. The molecule has 2 rings (SSSR count). The van der Waals surface area contributed by atoms with Crippen molar-refractivity contribution >= 4 is 11.4 Å². The van der Waals surface area contributed by atoms with Crippen molar-refractivity contribution in [2.45, 2.75) is 65.2 Å². The third-order valence-electron chi connectivity index (χ3n) is 5.56. The lowest BCUT2D eigenvalue weighted by Gasteiger charge is -2.17. The van der Waals surface area contributed by atoms with E-state index in [0.29, 0.717) is 11.8 Å². The minimum absolute atomic E-state index is 0.465. The minimum Gasteiger partial charge on any atom is -0.496 e. The molecule has 0 aromatic heterocycles. The second-order valence-corrected chi connectivity index (χ2v) is 7.08. The lowest BCUT2D eigenvalue weighted by atomic mass is 9.93. The first kappa shape index (κ1) is 21.9. The van der Waals surface area contributed by atoms with Crippen molar-refractivity contribution in [3.63, 3.8) is 0 Å². The van der Waals surface area contributed by atoms with Gasteiger partial charge in [0.1, 0.15) is 11.5 Å². The predicted molar refractivity (Wildman–Crippen MR) is 117 cm³/mol. The molecule has 0 saturated carbocycles. The van der Waals surface area contributed by atoms with Gasteiger partial charge in [-0.3, -0.25) is 0 Å². The SMILES string of the molecule is CCC(CC)c1cc(N=Nc2ccc(OC)c(C(CC)CC)c2)ccc1OC. The van der Waals surface area contributed by atoms with E-state index in [0.717, 1.165) is 48.6 Å². The van der Waals surface area contributed by atoms with Crippen LogP contribution in [0.5, 0.6) is 11.5 Å². The summed E-state index contributed by atoms with van der Waals surface area (Å²) in [7, 11) is 3.44. The number of ether oxygens (including phenoxy) is 2. The fourth-order valence-corrected chi connectivity index (χ4v) is 3.78. The first-order valence-electron chi connectivity index (χ1n) is 10.4. The lowest BCUT2D eigenvalue weighted by molar-refractivity contribution is 0.403. The largest absolute Gasteiger partial charge is 0.496 e. The molecule has 0 atom stereocenters. The highest BCUT2D eigenvalue weighted by Gasteiger charge is 2.15. The summed E-state index contributed by atoms with van der Waals surface area (Å²) >= 11 is 0. The molecule has 152 valence electrons. The number of benzene rings is 2. The van der Waals surface area contributed by atoms with Gasteiger partial charge in [-0.2, -0.15) is 10.2 Å². The number of hydrogen-bond donors (Lipinski definition) is 0. The van der Waals surface area contributed by atoms with E-state index in [4.69, 9.17) is 9.47 Å². The monoisotopic (exact) mass is 382 g/mol. The number of methoxy groups -OCH3 is 2. The standard InChI is InChI=1S/C24H34N2O2/c1-7-17(8-2)21-15-19(11-13-23(21)27-5)25-26-20-12-14-24(28-6)22(16-20)18(9-3)10-4/h11-18H,7-10H2,1-6H3. The normalized spacial score (nSPS) is 11.6. The van der Waals surface area contributed by atoms with Crippen molar-refractivity contribution in [3.8, 4) is 11.5 Å². The van der Waals surface area contributed by atoms with Crippen LogP contribution in [0.3, 0.4) is 0 Å². The predicted octanol–water partition coefficient (Wildman–Crippen LogP) is 7.93. The molecule has 0 amide bonds. The van der Waals surface area contributed by atoms with Crippen LogP contribution in [-0.4, -0.2) is 14.2 Å². The third kappa shape index (κ3) is 5.12. The Balaban J connectivity index is 2.35. The van der Waals surface area contributed by atoms with Crippen LogP contribution in [0.4, 0.5) is 11.4 Å². The summed E-state index contributed by atoms with van der Waals surface area (Å²) in [4.78, 5) is 0. The van der Waals surface area contributed by atoms with Gasteiger partial charge in [-0.05, 0) is 85.0 Å². The van der Waals surface area contributed by atoms with Gasteiger partial charge in [-0.25, -0.2) is 0 Å². The van der Waals surface area contributed by atoms with E-state index in [2.05, 4.69) is 50.1 Å². The topological polar surface area (TPSA) is 43.2 Å². The highest BCUT2D eigenvalue weighted by Crippen LogP contribution is 2.36. The summed E-state index contributed by atoms with van der Waals surface area (Å²) < 4.78 is 11.1. The summed E-state index contributed by atoms with van der Waals surface area (Å²) in [6.07, 6.45) is 4.30. The van der Waals surface area contributed by atoms with Gasteiger partial charge in [0.25, 0.3) is 0 Å². The van der Waals surface area contributed by atoms with Gasteiger partial charge in [0.2, 0.25) is 0 Å². The molecule has 2 aromatic carbocycles. The minimum atomic E-state index is 0.465. The van der Waals surface area contributed by atoms with E-state index in [1.165, 1.54) is 11.1 Å². The Morgan fingerprint density at radius 3 is 1.29 bits per heavy atom. The Morgan fingerprint density at radius 2 is 1.00 bits per heavy atom. The molecule has 0 radical (unpaired) electrons. The van der Waals surface area contributed by atoms with Crippen LogP contribution in [-0.2, 0) is 0 Å². The van der Waals surface area contributed by atoms with Crippen molar-refractivity contribution in [2.24, 2.45) is 10.2 Å². The number of hydrogen-bond acceptors (Lipinski definition) is 4.